The van der Waals surface area contributed by atoms with Crippen LogP contribution in [0.5, 0.6) is 5.88 Å². The van der Waals surface area contributed by atoms with Crippen molar-refractivity contribution in [3.8, 4) is 5.88 Å². The van der Waals surface area contributed by atoms with E-state index in [0.29, 0.717) is 11.1 Å². The molecule has 0 aromatic carbocycles. The van der Waals surface area contributed by atoms with E-state index < -0.39 is 18.2 Å². The Morgan fingerprint density at radius 1 is 1.45 bits per heavy atom. The van der Waals surface area contributed by atoms with E-state index in [1.54, 1.807) is 13.8 Å². The van der Waals surface area contributed by atoms with Crippen LogP contribution in [0.1, 0.15) is 23.6 Å². The van der Waals surface area contributed by atoms with Crippen molar-refractivity contribution in [1.82, 2.24) is 4.98 Å². The second kappa shape index (κ2) is 6.56. The number of esters is 1. The summed E-state index contributed by atoms with van der Waals surface area (Å²) in [6, 6.07) is 0. The SMILES string of the molecule is CCOC(=O)Cc1cnc(OC(F)(F)F)c(CN)c1C. The van der Waals surface area contributed by atoms with Gasteiger partial charge < -0.3 is 15.2 Å². The van der Waals surface area contributed by atoms with E-state index in [0.717, 1.165) is 6.20 Å². The molecule has 0 aliphatic rings. The maximum Gasteiger partial charge on any atom is 0.574 e. The van der Waals surface area contributed by atoms with Gasteiger partial charge in [-0.15, -0.1) is 13.2 Å². The van der Waals surface area contributed by atoms with Crippen LogP contribution in [0.2, 0.25) is 0 Å². The number of pyridine rings is 1. The quantitative estimate of drug-likeness (QED) is 0.838. The number of halogens is 3. The highest BCUT2D eigenvalue weighted by molar-refractivity contribution is 5.73. The van der Waals surface area contributed by atoms with Crippen LogP contribution < -0.4 is 10.5 Å². The first-order valence-corrected chi connectivity index (χ1v) is 5.87. The van der Waals surface area contributed by atoms with Gasteiger partial charge in [-0.25, -0.2) is 4.98 Å². The van der Waals surface area contributed by atoms with Crippen LogP contribution in [0.3, 0.4) is 0 Å². The molecular formula is C12H15F3N2O3. The van der Waals surface area contributed by atoms with Gasteiger partial charge in [0.1, 0.15) is 0 Å². The average Bonchev–Trinajstić information content (AvgIpc) is 2.31. The van der Waals surface area contributed by atoms with Crippen molar-refractivity contribution in [3.63, 3.8) is 0 Å². The molecule has 0 aliphatic carbocycles. The number of carbonyl (C=O) groups is 1. The van der Waals surface area contributed by atoms with Gasteiger partial charge in [0.25, 0.3) is 0 Å². The lowest BCUT2D eigenvalue weighted by Crippen LogP contribution is -2.21. The third-order valence-corrected chi connectivity index (χ3v) is 2.59. The van der Waals surface area contributed by atoms with E-state index in [9.17, 15) is 18.0 Å². The van der Waals surface area contributed by atoms with Crippen molar-refractivity contribution < 1.29 is 27.4 Å². The molecule has 20 heavy (non-hydrogen) atoms. The Balaban J connectivity index is 3.05. The summed E-state index contributed by atoms with van der Waals surface area (Å²) in [5.74, 6) is -1.07. The van der Waals surface area contributed by atoms with Crippen molar-refractivity contribution in [2.45, 2.75) is 33.2 Å². The molecule has 0 saturated carbocycles. The van der Waals surface area contributed by atoms with Crippen LogP contribution in [0, 0.1) is 6.92 Å². The fourth-order valence-electron chi connectivity index (χ4n) is 1.65. The lowest BCUT2D eigenvalue weighted by molar-refractivity contribution is -0.276. The molecule has 1 aromatic heterocycles. The highest BCUT2D eigenvalue weighted by Gasteiger charge is 2.33. The molecule has 1 rings (SSSR count). The lowest BCUT2D eigenvalue weighted by Gasteiger charge is -2.15. The van der Waals surface area contributed by atoms with Gasteiger partial charge in [-0.05, 0) is 25.0 Å². The summed E-state index contributed by atoms with van der Waals surface area (Å²) >= 11 is 0. The number of hydrogen-bond acceptors (Lipinski definition) is 5. The second-order valence-corrected chi connectivity index (χ2v) is 3.93. The molecule has 0 atom stereocenters. The maximum atomic E-state index is 12.2. The van der Waals surface area contributed by atoms with Gasteiger partial charge in [0.15, 0.2) is 0 Å². The molecule has 1 heterocycles. The Bertz CT molecular complexity index is 490. The fourth-order valence-corrected chi connectivity index (χ4v) is 1.65. The summed E-state index contributed by atoms with van der Waals surface area (Å²) in [6.07, 6.45) is -3.76. The molecule has 0 aliphatic heterocycles. The van der Waals surface area contributed by atoms with Gasteiger partial charge in [-0.3, -0.25) is 4.79 Å². The molecular weight excluding hydrogens is 277 g/mol. The lowest BCUT2D eigenvalue weighted by atomic mass is 10.0. The molecule has 0 radical (unpaired) electrons. The zero-order chi connectivity index (χ0) is 15.3. The minimum absolute atomic E-state index is 0.0774. The standard InChI is InChI=1S/C12H15F3N2O3/c1-3-19-10(18)4-8-6-17-11(20-12(13,14)15)9(5-16)7(8)2/h6H,3-5,16H2,1-2H3. The number of nitrogens with zero attached hydrogens (tertiary/aromatic N) is 1. The molecule has 0 saturated heterocycles. The number of aromatic nitrogens is 1. The van der Waals surface area contributed by atoms with Gasteiger partial charge in [-0.2, -0.15) is 0 Å². The molecule has 1 aromatic rings. The predicted octanol–water partition coefficient (Wildman–Crippen LogP) is 1.85. The predicted molar refractivity (Wildman–Crippen MR) is 63.9 cm³/mol. The molecule has 0 spiro atoms. The summed E-state index contributed by atoms with van der Waals surface area (Å²) in [7, 11) is 0. The molecule has 0 bridgehead atoms. The van der Waals surface area contributed by atoms with E-state index in [1.807, 2.05) is 0 Å². The van der Waals surface area contributed by atoms with Gasteiger partial charge >= 0.3 is 12.3 Å². The summed E-state index contributed by atoms with van der Waals surface area (Å²) in [6.45, 7) is 3.27. The maximum absolute atomic E-state index is 12.2. The second-order valence-electron chi connectivity index (χ2n) is 3.93. The molecule has 5 nitrogen and oxygen atoms in total. The minimum Gasteiger partial charge on any atom is -0.466 e. The fraction of sp³-hybridized carbons (Fsp3) is 0.500. The Morgan fingerprint density at radius 3 is 2.60 bits per heavy atom. The van der Waals surface area contributed by atoms with E-state index in [-0.39, 0.29) is 25.1 Å². The Labute approximate surface area is 113 Å². The van der Waals surface area contributed by atoms with Crippen LogP contribution in [0.25, 0.3) is 0 Å². The highest BCUT2D eigenvalue weighted by Crippen LogP contribution is 2.27. The summed E-state index contributed by atoms with van der Waals surface area (Å²) in [5, 5.41) is 0. The number of carbonyl (C=O) groups excluding carboxylic acids is 1. The highest BCUT2D eigenvalue weighted by atomic mass is 19.4. The molecule has 0 fully saturated rings. The van der Waals surface area contributed by atoms with Gasteiger partial charge in [0, 0.05) is 18.3 Å². The number of ether oxygens (including phenoxy) is 2. The average molecular weight is 292 g/mol. The Hall–Kier alpha value is -1.83. The largest absolute Gasteiger partial charge is 0.574 e. The number of hydrogen-bond donors (Lipinski definition) is 1. The topological polar surface area (TPSA) is 74.4 Å². The third-order valence-electron chi connectivity index (χ3n) is 2.59. The number of rotatable bonds is 5. The van der Waals surface area contributed by atoms with Crippen LogP contribution in [0.4, 0.5) is 13.2 Å². The number of alkyl halides is 3. The van der Waals surface area contributed by atoms with Crippen LogP contribution in [-0.2, 0) is 22.5 Å². The third kappa shape index (κ3) is 4.37. The van der Waals surface area contributed by atoms with E-state index in [1.165, 1.54) is 0 Å². The van der Waals surface area contributed by atoms with Gasteiger partial charge in [0.2, 0.25) is 5.88 Å². The summed E-state index contributed by atoms with van der Waals surface area (Å²) in [4.78, 5) is 15.0. The van der Waals surface area contributed by atoms with E-state index in [2.05, 4.69) is 9.72 Å². The van der Waals surface area contributed by atoms with E-state index >= 15 is 0 Å². The Morgan fingerprint density at radius 2 is 2.10 bits per heavy atom. The smallest absolute Gasteiger partial charge is 0.466 e. The summed E-state index contributed by atoms with van der Waals surface area (Å²) < 4.78 is 45.3. The number of nitrogens with two attached hydrogens (primary N) is 1. The van der Waals surface area contributed by atoms with E-state index in [4.69, 9.17) is 10.5 Å². The monoisotopic (exact) mass is 292 g/mol. The van der Waals surface area contributed by atoms with Crippen molar-refractivity contribution in [2.24, 2.45) is 5.73 Å². The van der Waals surface area contributed by atoms with Crippen molar-refractivity contribution in [3.05, 3.63) is 22.9 Å². The molecule has 112 valence electrons. The normalized spacial score (nSPS) is 11.3. The first-order valence-electron chi connectivity index (χ1n) is 5.87. The first-order chi connectivity index (χ1) is 9.28. The molecule has 0 amide bonds. The minimum atomic E-state index is -4.84. The first kappa shape index (κ1) is 16.2. The van der Waals surface area contributed by atoms with Crippen molar-refractivity contribution in [2.75, 3.05) is 6.61 Å². The van der Waals surface area contributed by atoms with Gasteiger partial charge in [0.05, 0.1) is 13.0 Å². The zero-order valence-electron chi connectivity index (χ0n) is 11.1. The van der Waals surface area contributed by atoms with Crippen molar-refractivity contribution >= 4 is 5.97 Å². The molecule has 2 N–H and O–H groups in total. The molecule has 8 heteroatoms. The van der Waals surface area contributed by atoms with Crippen LogP contribution in [-0.4, -0.2) is 23.9 Å². The summed E-state index contributed by atoms with van der Waals surface area (Å²) in [5.41, 5.74) is 6.44. The van der Waals surface area contributed by atoms with Crippen LogP contribution in [0.15, 0.2) is 6.20 Å². The zero-order valence-corrected chi connectivity index (χ0v) is 11.1. The van der Waals surface area contributed by atoms with Gasteiger partial charge in [-0.1, -0.05) is 0 Å². The molecule has 0 unspecified atom stereocenters. The van der Waals surface area contributed by atoms with Crippen LogP contribution >= 0.6 is 0 Å². The van der Waals surface area contributed by atoms with Crippen molar-refractivity contribution in [1.29, 1.82) is 0 Å². The Kier molecular flexibility index (Phi) is 5.32.